The number of hydrogen-bond donors (Lipinski definition) is 2. The van der Waals surface area contributed by atoms with Gasteiger partial charge < -0.3 is 0 Å². The largest absolute Gasteiger partial charge is 0.520 e. The summed E-state index contributed by atoms with van der Waals surface area (Å²) in [7, 11) is -3.62. The Bertz CT molecular complexity index is 141. The van der Waals surface area contributed by atoms with E-state index in [-0.39, 0.29) is 18.8 Å². The molecule has 2 N–H and O–H groups in total. The van der Waals surface area contributed by atoms with Gasteiger partial charge in [0.1, 0.15) is 0 Å². The maximum Gasteiger partial charge on any atom is 0.520 e. The van der Waals surface area contributed by atoms with Gasteiger partial charge in [0.15, 0.2) is 18.0 Å². The molecule has 0 fully saturated rings. The van der Waals surface area contributed by atoms with Gasteiger partial charge in [-0.1, -0.05) is 0 Å². The highest BCUT2D eigenvalue weighted by Crippen LogP contribution is 2.56. The first-order valence-electron chi connectivity index (χ1n) is 4.18. The summed E-state index contributed by atoms with van der Waals surface area (Å²) in [6.45, 7) is 8.16. The van der Waals surface area contributed by atoms with E-state index in [1.807, 2.05) is 32.6 Å². The van der Waals surface area contributed by atoms with Crippen LogP contribution >= 0.6 is 18.5 Å². The van der Waals surface area contributed by atoms with Crippen LogP contribution in [0.25, 0.3) is 0 Å². The van der Waals surface area contributed by atoms with Crippen molar-refractivity contribution in [2.45, 2.75) is 39.8 Å². The fourth-order valence-corrected chi connectivity index (χ4v) is 1.45. The van der Waals surface area contributed by atoms with Crippen molar-refractivity contribution in [3.63, 3.8) is 0 Å². The summed E-state index contributed by atoms with van der Waals surface area (Å²) in [5.74, 6) is 0. The van der Waals surface area contributed by atoms with Gasteiger partial charge in [-0.15, -0.1) is 4.52 Å². The molecule has 0 spiro atoms. The van der Waals surface area contributed by atoms with Crippen molar-refractivity contribution >= 4 is 18.5 Å². The van der Waals surface area contributed by atoms with Gasteiger partial charge in [-0.2, -0.15) is 9.79 Å². The van der Waals surface area contributed by atoms with Crippen molar-refractivity contribution < 1.29 is 14.3 Å². The lowest BCUT2D eigenvalue weighted by Crippen LogP contribution is -2.38. The van der Waals surface area contributed by atoms with E-state index in [1.54, 1.807) is 0 Å². The lowest BCUT2D eigenvalue weighted by atomic mass is 10.2. The lowest BCUT2D eigenvalue weighted by molar-refractivity contribution is 0.0585. The average molecular weight is 231 g/mol. The van der Waals surface area contributed by atoms with Crippen LogP contribution in [0, 0.1) is 0 Å². The topological polar surface area (TPSA) is 52.9 Å². The van der Waals surface area contributed by atoms with Crippen LogP contribution < -0.4 is 0 Å². The quantitative estimate of drug-likeness (QED) is 0.560. The number of hydrogen-bond acceptors (Lipinski definition) is 4. The van der Waals surface area contributed by atoms with E-state index in [9.17, 15) is 0 Å². The van der Waals surface area contributed by atoms with Gasteiger partial charge >= 0.3 is 7.30 Å². The fourth-order valence-electron chi connectivity index (χ4n) is 1.03. The van der Waals surface area contributed by atoms with Crippen molar-refractivity contribution in [1.82, 2.24) is 4.90 Å². The number of rotatable bonds is 5. The standard InChI is InChI=1S/C7H18ClNO3P/c1-6(2)9(7(3)4)5-12-13(8,10)11/h6-7,10-11H,5H2,1-4H3/q+1. The molecule has 4 nitrogen and oxygen atoms in total. The molecule has 0 bridgehead atoms. The highest BCUT2D eigenvalue weighted by atomic mass is 35.7. The molecule has 0 radical (unpaired) electrons. The minimum Gasteiger partial charge on any atom is -0.272 e. The van der Waals surface area contributed by atoms with Gasteiger partial charge in [0.25, 0.3) is 0 Å². The van der Waals surface area contributed by atoms with E-state index >= 15 is 0 Å². The number of nitrogens with zero attached hydrogens (tertiary/aromatic N) is 1. The lowest BCUT2D eigenvalue weighted by Gasteiger charge is -2.28. The average Bonchev–Trinajstić information content (AvgIpc) is 1.82. The monoisotopic (exact) mass is 230 g/mol. The molecule has 0 amide bonds. The van der Waals surface area contributed by atoms with Gasteiger partial charge in [0.2, 0.25) is 0 Å². The molecule has 0 aromatic rings. The second kappa shape index (κ2) is 5.44. The molecule has 80 valence electrons. The van der Waals surface area contributed by atoms with E-state index in [1.165, 1.54) is 0 Å². The molecular formula is C7H18ClNO3P+. The predicted molar refractivity (Wildman–Crippen MR) is 55.3 cm³/mol. The van der Waals surface area contributed by atoms with Crippen LogP contribution in [0.3, 0.4) is 0 Å². The van der Waals surface area contributed by atoms with Crippen LogP contribution in [0.1, 0.15) is 27.7 Å². The highest BCUT2D eigenvalue weighted by Gasteiger charge is 2.35. The van der Waals surface area contributed by atoms with Crippen LogP contribution in [-0.2, 0) is 4.52 Å². The minimum atomic E-state index is -3.62. The summed E-state index contributed by atoms with van der Waals surface area (Å²) in [6, 6.07) is 0.562. The van der Waals surface area contributed by atoms with Gasteiger partial charge in [-0.3, -0.25) is 4.90 Å². The molecule has 0 atom stereocenters. The van der Waals surface area contributed by atoms with Crippen molar-refractivity contribution in [2.24, 2.45) is 0 Å². The van der Waals surface area contributed by atoms with E-state index in [0.717, 1.165) is 0 Å². The molecule has 0 heterocycles. The highest BCUT2D eigenvalue weighted by molar-refractivity contribution is 7.86. The Morgan fingerprint density at radius 1 is 1.23 bits per heavy atom. The summed E-state index contributed by atoms with van der Waals surface area (Å²) >= 11 is 5.16. The summed E-state index contributed by atoms with van der Waals surface area (Å²) < 4.78 is 4.73. The molecule has 0 aliphatic heterocycles. The Morgan fingerprint density at radius 2 is 1.62 bits per heavy atom. The molecule has 13 heavy (non-hydrogen) atoms. The summed E-state index contributed by atoms with van der Waals surface area (Å²) in [4.78, 5) is 19.6. The van der Waals surface area contributed by atoms with Crippen molar-refractivity contribution in [3.05, 3.63) is 0 Å². The first-order valence-corrected chi connectivity index (χ1v) is 6.70. The summed E-state index contributed by atoms with van der Waals surface area (Å²) in [5, 5.41) is 0. The van der Waals surface area contributed by atoms with Crippen molar-refractivity contribution in [1.29, 1.82) is 0 Å². The molecule has 0 aromatic heterocycles. The Labute approximate surface area is 84.8 Å². The Hall–Kier alpha value is 0.560. The third kappa shape index (κ3) is 6.61. The predicted octanol–water partition coefficient (Wildman–Crippen LogP) is 1.98. The summed E-state index contributed by atoms with van der Waals surface area (Å²) in [5.41, 5.74) is 0. The maximum atomic E-state index is 8.81. The van der Waals surface area contributed by atoms with Crippen LogP contribution in [0.2, 0.25) is 0 Å². The van der Waals surface area contributed by atoms with Crippen LogP contribution in [0.5, 0.6) is 0 Å². The smallest absolute Gasteiger partial charge is 0.272 e. The minimum absolute atomic E-state index is 0.139. The third-order valence-electron chi connectivity index (χ3n) is 1.70. The first-order chi connectivity index (χ1) is 5.74. The van der Waals surface area contributed by atoms with E-state index in [0.29, 0.717) is 0 Å². The van der Waals surface area contributed by atoms with E-state index in [4.69, 9.17) is 25.6 Å². The Morgan fingerprint density at radius 3 is 1.85 bits per heavy atom. The molecular weight excluding hydrogens is 213 g/mol. The zero-order valence-corrected chi connectivity index (χ0v) is 10.1. The zero-order valence-electron chi connectivity index (χ0n) is 8.44. The van der Waals surface area contributed by atoms with E-state index < -0.39 is 7.30 Å². The number of halogens is 1. The second-order valence-electron chi connectivity index (χ2n) is 3.43. The van der Waals surface area contributed by atoms with Crippen LogP contribution in [0.15, 0.2) is 0 Å². The van der Waals surface area contributed by atoms with Gasteiger partial charge in [-0.25, -0.2) is 0 Å². The van der Waals surface area contributed by atoms with Crippen LogP contribution in [-0.4, -0.2) is 33.5 Å². The first kappa shape index (κ1) is 13.6. The molecule has 0 aromatic carbocycles. The summed E-state index contributed by atoms with van der Waals surface area (Å²) in [6.07, 6.45) is 0. The molecule has 0 aliphatic rings. The molecule has 0 saturated heterocycles. The third-order valence-corrected chi connectivity index (χ3v) is 2.43. The molecule has 0 saturated carbocycles. The van der Waals surface area contributed by atoms with Gasteiger partial charge in [-0.05, 0) is 27.7 Å². The molecule has 0 rings (SSSR count). The van der Waals surface area contributed by atoms with Crippen molar-refractivity contribution in [2.75, 3.05) is 6.73 Å². The molecule has 0 unspecified atom stereocenters. The van der Waals surface area contributed by atoms with Gasteiger partial charge in [0.05, 0.1) is 0 Å². The van der Waals surface area contributed by atoms with E-state index in [2.05, 4.69) is 0 Å². The van der Waals surface area contributed by atoms with Crippen LogP contribution in [0.4, 0.5) is 0 Å². The SMILES string of the molecule is CC(C)N(CO[P+](O)(O)Cl)C(C)C. The van der Waals surface area contributed by atoms with Gasteiger partial charge in [0, 0.05) is 12.1 Å². The second-order valence-corrected chi connectivity index (χ2v) is 5.96. The Balaban J connectivity index is 3.98. The zero-order chi connectivity index (χ0) is 10.6. The molecule has 6 heteroatoms. The van der Waals surface area contributed by atoms with Crippen molar-refractivity contribution in [3.8, 4) is 0 Å². The normalized spacial score (nSPS) is 13.4. The Kier molecular flexibility index (Phi) is 5.68. The maximum absolute atomic E-state index is 8.81. The molecule has 0 aliphatic carbocycles. The fraction of sp³-hybridized carbons (Fsp3) is 1.00.